The van der Waals surface area contributed by atoms with Crippen LogP contribution in [0.5, 0.6) is 0 Å². The van der Waals surface area contributed by atoms with E-state index in [9.17, 15) is 4.79 Å². The Hall–Kier alpha value is -2.10. The van der Waals surface area contributed by atoms with Crippen LogP contribution in [0, 0.1) is 12.8 Å². The van der Waals surface area contributed by atoms with Crippen molar-refractivity contribution >= 4 is 11.6 Å². The highest BCUT2D eigenvalue weighted by molar-refractivity contribution is 6.01. The minimum Gasteiger partial charge on any atom is -0.390 e. The molecule has 0 N–H and O–H groups in total. The third-order valence-electron chi connectivity index (χ3n) is 4.66. The van der Waals surface area contributed by atoms with Crippen LogP contribution in [-0.4, -0.2) is 35.7 Å². The lowest BCUT2D eigenvalue weighted by Crippen LogP contribution is -2.43. The summed E-state index contributed by atoms with van der Waals surface area (Å²) >= 11 is 0. The number of hydrogen-bond acceptors (Lipinski definition) is 3. The second-order valence-electron chi connectivity index (χ2n) is 6.50. The van der Waals surface area contributed by atoms with Crippen molar-refractivity contribution in [2.45, 2.75) is 38.7 Å². The average Bonchev–Trinajstić information content (AvgIpc) is 2.94. The molecule has 0 bridgehead atoms. The zero-order chi connectivity index (χ0) is 16.2. The quantitative estimate of drug-likeness (QED) is 0.756. The minimum absolute atomic E-state index is 0.0599. The van der Waals surface area contributed by atoms with Gasteiger partial charge in [0.1, 0.15) is 0 Å². The Morgan fingerprint density at radius 1 is 1.39 bits per heavy atom. The van der Waals surface area contributed by atoms with E-state index < -0.39 is 0 Å². The van der Waals surface area contributed by atoms with E-state index >= 15 is 0 Å². The summed E-state index contributed by atoms with van der Waals surface area (Å²) in [6.07, 6.45) is 5.67. The molecule has 0 radical (unpaired) electrons. The predicted molar refractivity (Wildman–Crippen MR) is 91.3 cm³/mol. The van der Waals surface area contributed by atoms with Gasteiger partial charge in [0.15, 0.2) is 6.10 Å². The fraction of sp³-hybridized carbons (Fsp3) is 0.474. The Morgan fingerprint density at radius 3 is 2.74 bits per heavy atom. The molecule has 0 unspecified atom stereocenters. The lowest BCUT2D eigenvalue weighted by molar-refractivity contribution is -0.139. The molecule has 4 heteroatoms. The highest BCUT2D eigenvalue weighted by atomic mass is 16.6. The second-order valence-corrected chi connectivity index (χ2v) is 6.50. The number of carbonyl (C=O) groups is 1. The van der Waals surface area contributed by atoms with Crippen molar-refractivity contribution in [3.8, 4) is 0 Å². The second kappa shape index (κ2) is 6.99. The number of benzene rings is 1. The number of nitrogens with zero attached hydrogens (tertiary/aromatic N) is 2. The molecule has 1 aliphatic carbocycles. The molecule has 1 saturated carbocycles. The largest absolute Gasteiger partial charge is 0.390 e. The van der Waals surface area contributed by atoms with Gasteiger partial charge in [-0.2, -0.15) is 0 Å². The zero-order valence-electron chi connectivity index (χ0n) is 13.7. The summed E-state index contributed by atoms with van der Waals surface area (Å²) in [5, 5.41) is 4.22. The van der Waals surface area contributed by atoms with Crippen LogP contribution in [0.4, 0.5) is 0 Å². The molecule has 3 rings (SSSR count). The molecule has 1 fully saturated rings. The highest BCUT2D eigenvalue weighted by Crippen LogP contribution is 2.29. The zero-order valence-corrected chi connectivity index (χ0v) is 13.7. The SMILES string of the molecule is C=CCN(C[C@H]1CC(c2ccc(C)cc2)=NO1)C(=O)C1CCC1. The first kappa shape index (κ1) is 15.8. The number of carbonyl (C=O) groups excluding carboxylic acids is 1. The molecule has 0 aromatic heterocycles. The normalized spacial score (nSPS) is 20.4. The maximum absolute atomic E-state index is 12.5. The van der Waals surface area contributed by atoms with Crippen LogP contribution in [0.2, 0.25) is 0 Å². The Kier molecular flexibility index (Phi) is 4.79. The summed E-state index contributed by atoms with van der Waals surface area (Å²) in [5.74, 6) is 0.442. The molecule has 1 aromatic carbocycles. The Balaban J connectivity index is 1.59. The molecule has 23 heavy (non-hydrogen) atoms. The van der Waals surface area contributed by atoms with Gasteiger partial charge in [-0.1, -0.05) is 47.5 Å². The molecule has 1 heterocycles. The Labute approximate surface area is 137 Å². The Morgan fingerprint density at radius 2 is 2.13 bits per heavy atom. The summed E-state index contributed by atoms with van der Waals surface area (Å²) in [6, 6.07) is 8.30. The third kappa shape index (κ3) is 3.63. The van der Waals surface area contributed by atoms with Crippen LogP contribution < -0.4 is 0 Å². The number of oxime groups is 1. The maximum atomic E-state index is 12.5. The van der Waals surface area contributed by atoms with Crippen LogP contribution in [0.15, 0.2) is 42.1 Å². The summed E-state index contributed by atoms with van der Waals surface area (Å²) in [7, 11) is 0. The summed E-state index contributed by atoms with van der Waals surface area (Å²) in [6.45, 7) is 7.00. The van der Waals surface area contributed by atoms with Crippen molar-refractivity contribution in [3.05, 3.63) is 48.0 Å². The van der Waals surface area contributed by atoms with Crippen molar-refractivity contribution in [3.63, 3.8) is 0 Å². The van der Waals surface area contributed by atoms with E-state index in [0.29, 0.717) is 13.1 Å². The first-order valence-corrected chi connectivity index (χ1v) is 8.37. The van der Waals surface area contributed by atoms with Gasteiger partial charge in [-0.3, -0.25) is 4.79 Å². The molecule has 0 spiro atoms. The molecule has 122 valence electrons. The van der Waals surface area contributed by atoms with Gasteiger partial charge in [0, 0.05) is 18.9 Å². The summed E-state index contributed by atoms with van der Waals surface area (Å²) in [4.78, 5) is 19.9. The average molecular weight is 312 g/mol. The maximum Gasteiger partial charge on any atom is 0.226 e. The first-order chi connectivity index (χ1) is 11.2. The number of rotatable bonds is 6. The van der Waals surface area contributed by atoms with Crippen LogP contribution in [0.3, 0.4) is 0 Å². The van der Waals surface area contributed by atoms with Crippen LogP contribution in [0.1, 0.15) is 36.8 Å². The van der Waals surface area contributed by atoms with Crippen molar-refractivity contribution in [1.29, 1.82) is 0 Å². The van der Waals surface area contributed by atoms with E-state index in [-0.39, 0.29) is 17.9 Å². The van der Waals surface area contributed by atoms with Crippen LogP contribution in [-0.2, 0) is 9.63 Å². The van der Waals surface area contributed by atoms with Gasteiger partial charge in [0.25, 0.3) is 0 Å². The van der Waals surface area contributed by atoms with Gasteiger partial charge in [-0.15, -0.1) is 6.58 Å². The molecular formula is C19H24N2O2. The Bertz CT molecular complexity index is 602. The van der Waals surface area contributed by atoms with E-state index in [4.69, 9.17) is 4.84 Å². The summed E-state index contributed by atoms with van der Waals surface area (Å²) in [5.41, 5.74) is 3.29. The standard InChI is InChI=1S/C19H24N2O2/c1-3-11-21(19(22)16-5-4-6-16)13-17-12-18(20-23-17)15-9-7-14(2)8-10-15/h3,7-10,16-17H,1,4-6,11-13H2,2H3/t17-/m1/s1. The smallest absolute Gasteiger partial charge is 0.226 e. The number of aryl methyl sites for hydroxylation is 1. The molecule has 1 aliphatic heterocycles. The molecule has 2 aliphatic rings. The van der Waals surface area contributed by atoms with E-state index in [1.165, 1.54) is 12.0 Å². The minimum atomic E-state index is -0.0599. The van der Waals surface area contributed by atoms with E-state index in [0.717, 1.165) is 30.5 Å². The first-order valence-electron chi connectivity index (χ1n) is 8.37. The van der Waals surface area contributed by atoms with E-state index in [1.54, 1.807) is 6.08 Å². The van der Waals surface area contributed by atoms with E-state index in [2.05, 4.69) is 42.9 Å². The van der Waals surface area contributed by atoms with Gasteiger partial charge in [-0.05, 0) is 25.3 Å². The molecule has 1 amide bonds. The molecule has 0 saturated heterocycles. The van der Waals surface area contributed by atoms with Gasteiger partial charge in [0.2, 0.25) is 5.91 Å². The van der Waals surface area contributed by atoms with Crippen molar-refractivity contribution in [1.82, 2.24) is 4.90 Å². The van der Waals surface area contributed by atoms with Crippen molar-refractivity contribution < 1.29 is 9.63 Å². The van der Waals surface area contributed by atoms with Gasteiger partial charge >= 0.3 is 0 Å². The van der Waals surface area contributed by atoms with Crippen molar-refractivity contribution in [2.24, 2.45) is 11.1 Å². The predicted octanol–water partition coefficient (Wildman–Crippen LogP) is 3.30. The molecular weight excluding hydrogens is 288 g/mol. The summed E-state index contributed by atoms with van der Waals surface area (Å²) < 4.78 is 0. The van der Waals surface area contributed by atoms with Gasteiger partial charge < -0.3 is 9.74 Å². The molecule has 4 nitrogen and oxygen atoms in total. The fourth-order valence-corrected chi connectivity index (χ4v) is 3.01. The lowest BCUT2D eigenvalue weighted by atomic mass is 9.84. The molecule has 1 atom stereocenters. The van der Waals surface area contributed by atoms with Crippen molar-refractivity contribution in [2.75, 3.05) is 13.1 Å². The topological polar surface area (TPSA) is 41.9 Å². The highest BCUT2D eigenvalue weighted by Gasteiger charge is 2.32. The third-order valence-corrected chi connectivity index (χ3v) is 4.66. The number of amides is 1. The number of hydrogen-bond donors (Lipinski definition) is 0. The fourth-order valence-electron chi connectivity index (χ4n) is 3.01. The van der Waals surface area contributed by atoms with Gasteiger partial charge in [0.05, 0.1) is 12.3 Å². The van der Waals surface area contributed by atoms with Crippen LogP contribution >= 0.6 is 0 Å². The lowest BCUT2D eigenvalue weighted by Gasteiger charge is -2.32. The monoisotopic (exact) mass is 312 g/mol. The van der Waals surface area contributed by atoms with Crippen LogP contribution in [0.25, 0.3) is 0 Å². The van der Waals surface area contributed by atoms with Gasteiger partial charge in [-0.25, -0.2) is 0 Å². The molecule has 1 aromatic rings. The van der Waals surface area contributed by atoms with E-state index in [1.807, 2.05) is 4.90 Å².